The molecule has 2 rings (SSSR count). The molecule has 1 aliphatic rings. The number of rotatable bonds is 3. The molecule has 1 saturated heterocycles. The van der Waals surface area contributed by atoms with Gasteiger partial charge in [0.05, 0.1) is 17.8 Å². The molecule has 0 aliphatic carbocycles. The van der Waals surface area contributed by atoms with Gasteiger partial charge >= 0.3 is 0 Å². The van der Waals surface area contributed by atoms with E-state index >= 15 is 0 Å². The Morgan fingerprint density at radius 2 is 2.39 bits per heavy atom. The Balaban J connectivity index is 2.01. The van der Waals surface area contributed by atoms with E-state index in [1.807, 2.05) is 18.2 Å². The van der Waals surface area contributed by atoms with Crippen molar-refractivity contribution in [3.63, 3.8) is 0 Å². The molecule has 1 aromatic rings. The molecule has 1 amide bonds. The summed E-state index contributed by atoms with van der Waals surface area (Å²) in [6, 6.07) is 5.64. The first kappa shape index (κ1) is 14.2. The lowest BCUT2D eigenvalue weighted by Crippen LogP contribution is -2.35. The highest BCUT2D eigenvalue weighted by Gasteiger charge is 2.29. The van der Waals surface area contributed by atoms with E-state index in [9.17, 15) is 4.79 Å². The summed E-state index contributed by atoms with van der Waals surface area (Å²) in [4.78, 5) is 12.1. The predicted molar refractivity (Wildman–Crippen MR) is 82.7 cm³/mol. The fraction of sp³-hybridized carbons (Fsp3) is 0.417. The van der Waals surface area contributed by atoms with Gasteiger partial charge in [0, 0.05) is 21.7 Å². The summed E-state index contributed by atoms with van der Waals surface area (Å²) in [5, 5.41) is 6.10. The van der Waals surface area contributed by atoms with E-state index in [1.165, 1.54) is 0 Å². The van der Waals surface area contributed by atoms with Gasteiger partial charge in [0.1, 0.15) is 0 Å². The zero-order valence-electron chi connectivity index (χ0n) is 9.87. The molecule has 0 spiro atoms. The van der Waals surface area contributed by atoms with Gasteiger partial charge in [0.25, 0.3) is 0 Å². The predicted octanol–water partition coefficient (Wildman–Crippen LogP) is 2.37. The van der Waals surface area contributed by atoms with Crippen molar-refractivity contribution in [2.24, 2.45) is 0 Å². The summed E-state index contributed by atoms with van der Waals surface area (Å²) in [5.74, 6) is -0.00874. The first-order valence-electron chi connectivity index (χ1n) is 5.62. The number of carbonyl (C=O) groups excluding carboxylic acids is 1. The van der Waals surface area contributed by atoms with Gasteiger partial charge < -0.3 is 15.4 Å². The number of nitrogens with one attached hydrogen (secondary N) is 2. The number of amides is 1. The second-order valence-electron chi connectivity index (χ2n) is 4.17. The lowest BCUT2D eigenvalue weighted by Gasteiger charge is -2.12. The fourth-order valence-electron chi connectivity index (χ4n) is 1.90. The number of hydrogen-bond acceptors (Lipinski definition) is 3. The number of hydrogen-bond donors (Lipinski definition) is 2. The van der Waals surface area contributed by atoms with Crippen LogP contribution in [0.2, 0.25) is 0 Å². The lowest BCUT2D eigenvalue weighted by atomic mass is 10.2. The van der Waals surface area contributed by atoms with Gasteiger partial charge in [-0.05, 0) is 47.2 Å². The third kappa shape index (κ3) is 3.43. The van der Waals surface area contributed by atoms with Gasteiger partial charge in [-0.2, -0.15) is 0 Å². The molecule has 98 valence electrons. The summed E-state index contributed by atoms with van der Waals surface area (Å²) >= 11 is 5.60. The monoisotopic (exact) mass is 424 g/mol. The average molecular weight is 425 g/mol. The van der Waals surface area contributed by atoms with E-state index in [-0.39, 0.29) is 18.1 Å². The molecule has 1 aliphatic heterocycles. The molecular formula is C12H14BrIN2O2. The summed E-state index contributed by atoms with van der Waals surface area (Å²) in [5.41, 5.74) is 0.831. The Morgan fingerprint density at radius 3 is 3.06 bits per heavy atom. The molecule has 6 heteroatoms. The topological polar surface area (TPSA) is 50.4 Å². The van der Waals surface area contributed by atoms with Gasteiger partial charge in [-0.1, -0.05) is 15.9 Å². The van der Waals surface area contributed by atoms with Crippen molar-refractivity contribution in [3.8, 4) is 0 Å². The van der Waals surface area contributed by atoms with E-state index < -0.39 is 0 Å². The number of anilines is 1. The second-order valence-corrected chi connectivity index (χ2v) is 6.25. The molecule has 0 saturated carbocycles. The minimum absolute atomic E-state index is 0.00874. The van der Waals surface area contributed by atoms with Crippen LogP contribution in [0.25, 0.3) is 0 Å². The summed E-state index contributed by atoms with van der Waals surface area (Å²) in [6.07, 6.45) is 0.842. The van der Waals surface area contributed by atoms with Crippen molar-refractivity contribution in [1.82, 2.24) is 5.32 Å². The zero-order chi connectivity index (χ0) is 13.1. The number of benzene rings is 1. The quantitative estimate of drug-likeness (QED) is 0.732. The van der Waals surface area contributed by atoms with Crippen molar-refractivity contribution < 1.29 is 9.53 Å². The van der Waals surface area contributed by atoms with Crippen LogP contribution in [0.1, 0.15) is 6.42 Å². The molecule has 1 heterocycles. The van der Waals surface area contributed by atoms with Crippen LogP contribution in [-0.2, 0) is 9.53 Å². The van der Waals surface area contributed by atoms with Crippen molar-refractivity contribution in [2.45, 2.75) is 18.6 Å². The van der Waals surface area contributed by atoms with Crippen LogP contribution < -0.4 is 10.6 Å². The van der Waals surface area contributed by atoms with Crippen LogP contribution in [0, 0.1) is 3.57 Å². The summed E-state index contributed by atoms with van der Waals surface area (Å²) in [6.45, 7) is 0.726. The molecule has 2 N–H and O–H groups in total. The SMILES string of the molecule is COC1CNC(C(=O)Nc2cc(Br)ccc2I)C1. The van der Waals surface area contributed by atoms with E-state index in [2.05, 4.69) is 49.2 Å². The van der Waals surface area contributed by atoms with E-state index in [1.54, 1.807) is 7.11 Å². The Bertz CT molecular complexity index is 456. The van der Waals surface area contributed by atoms with Crippen LogP contribution in [-0.4, -0.2) is 31.7 Å². The van der Waals surface area contributed by atoms with Gasteiger partial charge in [0.15, 0.2) is 0 Å². The summed E-state index contributed by atoms with van der Waals surface area (Å²) < 4.78 is 7.20. The highest BCUT2D eigenvalue weighted by Crippen LogP contribution is 2.23. The van der Waals surface area contributed by atoms with Crippen molar-refractivity contribution in [2.75, 3.05) is 19.0 Å². The molecule has 18 heavy (non-hydrogen) atoms. The first-order chi connectivity index (χ1) is 8.60. The maximum absolute atomic E-state index is 12.1. The smallest absolute Gasteiger partial charge is 0.241 e. The number of halogens is 2. The summed E-state index contributed by atoms with van der Waals surface area (Å²) in [7, 11) is 1.67. The normalized spacial score (nSPS) is 23.1. The van der Waals surface area contributed by atoms with Crippen LogP contribution in [0.4, 0.5) is 5.69 Å². The highest BCUT2D eigenvalue weighted by molar-refractivity contribution is 14.1. The third-order valence-electron chi connectivity index (χ3n) is 2.93. The number of ether oxygens (including phenoxy) is 1. The van der Waals surface area contributed by atoms with Crippen LogP contribution in [0.5, 0.6) is 0 Å². The maximum Gasteiger partial charge on any atom is 0.241 e. The number of carbonyl (C=O) groups is 1. The third-order valence-corrected chi connectivity index (χ3v) is 4.36. The van der Waals surface area contributed by atoms with Crippen molar-refractivity contribution in [3.05, 3.63) is 26.2 Å². The molecule has 1 aromatic carbocycles. The zero-order valence-corrected chi connectivity index (χ0v) is 13.6. The Labute approximate surface area is 128 Å². The van der Waals surface area contributed by atoms with Crippen molar-refractivity contribution >= 4 is 50.1 Å². The molecule has 0 aromatic heterocycles. The minimum Gasteiger partial charge on any atom is -0.380 e. The van der Waals surface area contributed by atoms with E-state index in [0.29, 0.717) is 6.42 Å². The molecule has 2 unspecified atom stereocenters. The maximum atomic E-state index is 12.1. The number of methoxy groups -OCH3 is 1. The van der Waals surface area contributed by atoms with E-state index in [0.717, 1.165) is 20.3 Å². The second kappa shape index (κ2) is 6.31. The Morgan fingerprint density at radius 1 is 1.61 bits per heavy atom. The van der Waals surface area contributed by atoms with E-state index in [4.69, 9.17) is 4.74 Å². The van der Waals surface area contributed by atoms with Crippen LogP contribution in [0.3, 0.4) is 0 Å². The van der Waals surface area contributed by atoms with Gasteiger partial charge in [0.2, 0.25) is 5.91 Å². The minimum atomic E-state index is -0.176. The van der Waals surface area contributed by atoms with Crippen LogP contribution in [0.15, 0.2) is 22.7 Å². The molecule has 0 radical (unpaired) electrons. The Hall–Kier alpha value is -0.180. The first-order valence-corrected chi connectivity index (χ1v) is 7.49. The lowest BCUT2D eigenvalue weighted by molar-refractivity contribution is -0.118. The molecule has 4 nitrogen and oxygen atoms in total. The average Bonchev–Trinajstić information content (AvgIpc) is 2.82. The van der Waals surface area contributed by atoms with Crippen molar-refractivity contribution in [1.29, 1.82) is 0 Å². The molecule has 0 bridgehead atoms. The van der Waals surface area contributed by atoms with Crippen LogP contribution >= 0.6 is 38.5 Å². The largest absolute Gasteiger partial charge is 0.380 e. The molecule has 2 atom stereocenters. The van der Waals surface area contributed by atoms with Gasteiger partial charge in [-0.25, -0.2) is 0 Å². The molecule has 1 fully saturated rings. The fourth-order valence-corrected chi connectivity index (χ4v) is 2.73. The van der Waals surface area contributed by atoms with Gasteiger partial charge in [-0.15, -0.1) is 0 Å². The molecular weight excluding hydrogens is 411 g/mol. The highest BCUT2D eigenvalue weighted by atomic mass is 127. The Kier molecular flexibility index (Phi) is 4.99. The van der Waals surface area contributed by atoms with Gasteiger partial charge in [-0.3, -0.25) is 4.79 Å². The standard InChI is InChI=1S/C12H14BrIN2O2/c1-18-8-5-11(15-6-8)12(17)16-10-4-7(13)2-3-9(10)14/h2-4,8,11,15H,5-6H2,1H3,(H,16,17).